The number of aromatic nitrogens is 2. The monoisotopic (exact) mass is 401 g/mol. The van der Waals surface area contributed by atoms with Gasteiger partial charge >= 0.3 is 0 Å². The molecule has 0 saturated heterocycles. The molecule has 0 unspecified atom stereocenters. The molecule has 0 aliphatic carbocycles. The van der Waals surface area contributed by atoms with E-state index in [9.17, 15) is 4.79 Å². The molecule has 4 rings (SSSR count). The van der Waals surface area contributed by atoms with Crippen molar-refractivity contribution in [3.05, 3.63) is 78.2 Å². The maximum Gasteiger partial charge on any atom is 0.263 e. The lowest BCUT2D eigenvalue weighted by molar-refractivity contribution is -0.137. The fourth-order valence-electron chi connectivity index (χ4n) is 3.23. The predicted octanol–water partition coefficient (Wildman–Crippen LogP) is 4.62. The number of hydrogen-bond donors (Lipinski definition) is 0. The summed E-state index contributed by atoms with van der Waals surface area (Å²) in [5, 5.41) is 6.21. The van der Waals surface area contributed by atoms with Gasteiger partial charge in [-0.1, -0.05) is 65.3 Å². The molecule has 30 heavy (non-hydrogen) atoms. The molecule has 1 amide bonds. The van der Waals surface area contributed by atoms with Crippen LogP contribution in [0.5, 0.6) is 5.75 Å². The molecule has 0 spiro atoms. The van der Waals surface area contributed by atoms with Crippen molar-refractivity contribution in [2.45, 2.75) is 26.5 Å². The fraction of sp³-hybridized carbons (Fsp3) is 0.208. The summed E-state index contributed by atoms with van der Waals surface area (Å²) in [6, 6.07) is 21.7. The number of amides is 1. The normalized spacial score (nSPS) is 12.0. The molecule has 6 heteroatoms. The van der Waals surface area contributed by atoms with Crippen molar-refractivity contribution in [2.75, 3.05) is 7.05 Å². The largest absolute Gasteiger partial charge is 0.481 e. The molecule has 0 aliphatic rings. The fourth-order valence-corrected chi connectivity index (χ4v) is 3.23. The third-order valence-electron chi connectivity index (χ3n) is 4.91. The van der Waals surface area contributed by atoms with E-state index in [0.717, 1.165) is 21.9 Å². The molecule has 1 aromatic heterocycles. The molecule has 1 atom stereocenters. The van der Waals surface area contributed by atoms with Crippen LogP contribution >= 0.6 is 0 Å². The number of nitrogens with zero attached hydrogens (tertiary/aromatic N) is 3. The van der Waals surface area contributed by atoms with Crippen LogP contribution in [0.1, 0.15) is 18.4 Å². The number of carbonyl (C=O) groups excluding carboxylic acids is 1. The second kappa shape index (κ2) is 8.37. The second-order valence-electron chi connectivity index (χ2n) is 7.34. The van der Waals surface area contributed by atoms with E-state index < -0.39 is 6.10 Å². The van der Waals surface area contributed by atoms with Crippen LogP contribution in [0.2, 0.25) is 0 Å². The van der Waals surface area contributed by atoms with Crippen molar-refractivity contribution in [3.8, 4) is 17.1 Å². The Hall–Kier alpha value is -3.67. The quantitative estimate of drug-likeness (QED) is 0.471. The van der Waals surface area contributed by atoms with Gasteiger partial charge in [-0.25, -0.2) is 0 Å². The molecule has 0 aliphatic heterocycles. The molecular formula is C24H23N3O3. The van der Waals surface area contributed by atoms with Gasteiger partial charge < -0.3 is 14.2 Å². The molecule has 0 radical (unpaired) electrons. The Bertz CT molecular complexity index is 1170. The van der Waals surface area contributed by atoms with Gasteiger partial charge in [-0.2, -0.15) is 4.98 Å². The Morgan fingerprint density at radius 2 is 1.80 bits per heavy atom. The van der Waals surface area contributed by atoms with Crippen molar-refractivity contribution >= 4 is 16.7 Å². The highest BCUT2D eigenvalue weighted by Crippen LogP contribution is 2.22. The van der Waals surface area contributed by atoms with Gasteiger partial charge in [-0.3, -0.25) is 4.79 Å². The number of carbonyl (C=O) groups is 1. The molecule has 0 fully saturated rings. The van der Waals surface area contributed by atoms with Crippen molar-refractivity contribution in [2.24, 2.45) is 0 Å². The SMILES string of the molecule is Cc1ccc(-c2noc(CN(C)C(=O)[C@H](C)Oc3ccc4ccccc4c3)n2)cc1. The van der Waals surface area contributed by atoms with Crippen LogP contribution in [0.25, 0.3) is 22.2 Å². The van der Waals surface area contributed by atoms with Crippen molar-refractivity contribution in [1.82, 2.24) is 15.0 Å². The number of benzene rings is 3. The number of likely N-dealkylation sites (N-methyl/N-ethyl adjacent to an activating group) is 1. The van der Waals surface area contributed by atoms with E-state index in [1.54, 1.807) is 14.0 Å². The second-order valence-corrected chi connectivity index (χ2v) is 7.34. The third-order valence-corrected chi connectivity index (χ3v) is 4.91. The Kier molecular flexibility index (Phi) is 5.48. The van der Waals surface area contributed by atoms with Crippen LogP contribution in [0.4, 0.5) is 0 Å². The molecule has 6 nitrogen and oxygen atoms in total. The van der Waals surface area contributed by atoms with E-state index in [0.29, 0.717) is 17.5 Å². The Balaban J connectivity index is 1.39. The number of rotatable bonds is 6. The van der Waals surface area contributed by atoms with E-state index in [4.69, 9.17) is 9.26 Å². The minimum atomic E-state index is -0.643. The van der Waals surface area contributed by atoms with Crippen molar-refractivity contribution in [3.63, 3.8) is 0 Å². The highest BCUT2D eigenvalue weighted by molar-refractivity contribution is 5.84. The third kappa shape index (κ3) is 4.33. The van der Waals surface area contributed by atoms with E-state index in [-0.39, 0.29) is 12.5 Å². The number of fused-ring (bicyclic) bond motifs is 1. The van der Waals surface area contributed by atoms with Gasteiger partial charge in [0.25, 0.3) is 5.91 Å². The first kappa shape index (κ1) is 19.6. The lowest BCUT2D eigenvalue weighted by Gasteiger charge is -2.21. The van der Waals surface area contributed by atoms with Gasteiger partial charge in [0.1, 0.15) is 5.75 Å². The van der Waals surface area contributed by atoms with Gasteiger partial charge in [-0.05, 0) is 36.8 Å². The molecule has 152 valence electrons. The average Bonchev–Trinajstić information content (AvgIpc) is 3.22. The zero-order chi connectivity index (χ0) is 21.1. The first-order chi connectivity index (χ1) is 14.5. The van der Waals surface area contributed by atoms with Crippen LogP contribution in [0.15, 0.2) is 71.3 Å². The Labute approximate surface area is 175 Å². The average molecular weight is 401 g/mol. The first-order valence-corrected chi connectivity index (χ1v) is 9.79. The molecule has 1 heterocycles. The summed E-state index contributed by atoms with van der Waals surface area (Å²) in [7, 11) is 1.69. The van der Waals surface area contributed by atoms with Crippen LogP contribution in [-0.2, 0) is 11.3 Å². The molecule has 0 saturated carbocycles. The van der Waals surface area contributed by atoms with E-state index in [1.807, 2.05) is 73.7 Å². The summed E-state index contributed by atoms with van der Waals surface area (Å²) in [5.41, 5.74) is 2.03. The summed E-state index contributed by atoms with van der Waals surface area (Å²) >= 11 is 0. The topological polar surface area (TPSA) is 68.5 Å². The zero-order valence-electron chi connectivity index (χ0n) is 17.2. The molecule has 0 bridgehead atoms. The first-order valence-electron chi connectivity index (χ1n) is 9.79. The Morgan fingerprint density at radius 3 is 2.57 bits per heavy atom. The summed E-state index contributed by atoms with van der Waals surface area (Å²) in [6.45, 7) is 3.97. The number of aryl methyl sites for hydroxylation is 1. The van der Waals surface area contributed by atoms with Gasteiger partial charge in [0, 0.05) is 12.6 Å². The summed E-state index contributed by atoms with van der Waals surface area (Å²) in [4.78, 5) is 18.7. The van der Waals surface area contributed by atoms with Crippen molar-refractivity contribution in [1.29, 1.82) is 0 Å². The van der Waals surface area contributed by atoms with Gasteiger partial charge in [0.2, 0.25) is 11.7 Å². The van der Waals surface area contributed by atoms with Crippen LogP contribution in [0.3, 0.4) is 0 Å². The minimum Gasteiger partial charge on any atom is -0.481 e. The number of hydrogen-bond acceptors (Lipinski definition) is 5. The molecule has 0 N–H and O–H groups in total. The molecule has 3 aromatic carbocycles. The van der Waals surface area contributed by atoms with E-state index in [2.05, 4.69) is 10.1 Å². The maximum absolute atomic E-state index is 12.7. The van der Waals surface area contributed by atoms with Gasteiger partial charge in [0.15, 0.2) is 6.10 Å². The summed E-state index contributed by atoms with van der Waals surface area (Å²) < 4.78 is 11.2. The van der Waals surface area contributed by atoms with E-state index in [1.165, 1.54) is 4.90 Å². The highest BCUT2D eigenvalue weighted by atomic mass is 16.5. The van der Waals surface area contributed by atoms with E-state index >= 15 is 0 Å². The minimum absolute atomic E-state index is 0.168. The summed E-state index contributed by atoms with van der Waals surface area (Å²) in [6.07, 6.45) is -0.643. The standard InChI is InChI=1S/C24H23N3O3/c1-16-8-10-19(11-9-16)23-25-22(30-26-23)15-27(3)24(28)17(2)29-21-13-12-18-6-4-5-7-20(18)14-21/h4-14,17H,15H2,1-3H3/t17-/m0/s1. The predicted molar refractivity (Wildman–Crippen MR) is 115 cm³/mol. The van der Waals surface area contributed by atoms with Gasteiger partial charge in [0.05, 0.1) is 6.54 Å². The Morgan fingerprint density at radius 1 is 1.07 bits per heavy atom. The summed E-state index contributed by atoms with van der Waals surface area (Å²) in [5.74, 6) is 1.37. The lowest BCUT2D eigenvalue weighted by Crippen LogP contribution is -2.37. The maximum atomic E-state index is 12.7. The number of ether oxygens (including phenoxy) is 1. The lowest BCUT2D eigenvalue weighted by atomic mass is 10.1. The van der Waals surface area contributed by atoms with Gasteiger partial charge in [-0.15, -0.1) is 0 Å². The van der Waals surface area contributed by atoms with Crippen LogP contribution < -0.4 is 4.74 Å². The molecular weight excluding hydrogens is 378 g/mol. The van der Waals surface area contributed by atoms with Crippen LogP contribution in [-0.4, -0.2) is 34.1 Å². The highest BCUT2D eigenvalue weighted by Gasteiger charge is 2.21. The van der Waals surface area contributed by atoms with Crippen molar-refractivity contribution < 1.29 is 14.1 Å². The smallest absolute Gasteiger partial charge is 0.263 e. The molecule has 4 aromatic rings. The van der Waals surface area contributed by atoms with Crippen LogP contribution in [0, 0.1) is 6.92 Å². The zero-order valence-corrected chi connectivity index (χ0v) is 17.2.